The van der Waals surface area contributed by atoms with Gasteiger partial charge in [0.1, 0.15) is 5.82 Å². The summed E-state index contributed by atoms with van der Waals surface area (Å²) in [6.07, 6.45) is 4.23. The average Bonchev–Trinajstić information content (AvgIpc) is 2.75. The zero-order chi connectivity index (χ0) is 20.6. The van der Waals surface area contributed by atoms with Gasteiger partial charge >= 0.3 is 0 Å². The molecule has 1 aliphatic heterocycles. The summed E-state index contributed by atoms with van der Waals surface area (Å²) in [5.41, 5.74) is 3.71. The number of aromatic nitrogens is 1. The summed E-state index contributed by atoms with van der Waals surface area (Å²) in [7, 11) is 5.80. The Bertz CT molecular complexity index is 803. The molecular formula is C23H33N5O. The predicted octanol–water partition coefficient (Wildman–Crippen LogP) is 3.29. The van der Waals surface area contributed by atoms with E-state index in [4.69, 9.17) is 4.74 Å². The minimum absolute atomic E-state index is 0.137. The van der Waals surface area contributed by atoms with E-state index in [0.717, 1.165) is 37.8 Å². The van der Waals surface area contributed by atoms with Crippen LogP contribution in [0.1, 0.15) is 35.6 Å². The number of hydrogen-bond acceptors (Lipinski definition) is 4. The van der Waals surface area contributed by atoms with Crippen LogP contribution in [-0.4, -0.2) is 45.2 Å². The molecule has 2 heterocycles. The van der Waals surface area contributed by atoms with Crippen LogP contribution in [-0.2, 0) is 11.3 Å². The van der Waals surface area contributed by atoms with E-state index >= 15 is 0 Å². The number of aryl methyl sites for hydroxylation is 1. The van der Waals surface area contributed by atoms with Crippen LogP contribution < -0.4 is 15.5 Å². The van der Waals surface area contributed by atoms with E-state index in [-0.39, 0.29) is 6.10 Å². The van der Waals surface area contributed by atoms with Crippen LogP contribution in [0.4, 0.5) is 5.82 Å². The number of hydrogen-bond donors (Lipinski definition) is 2. The fourth-order valence-electron chi connectivity index (χ4n) is 3.63. The van der Waals surface area contributed by atoms with E-state index in [2.05, 4.69) is 57.9 Å². The molecule has 0 aliphatic carbocycles. The summed E-state index contributed by atoms with van der Waals surface area (Å²) in [6, 6.07) is 12.8. The molecule has 1 aliphatic rings. The normalized spacial score (nSPS) is 19.7. The van der Waals surface area contributed by atoms with Crippen molar-refractivity contribution in [2.45, 2.75) is 32.4 Å². The number of rotatable bonds is 6. The quantitative estimate of drug-likeness (QED) is 0.581. The molecule has 6 nitrogen and oxygen atoms in total. The molecule has 2 unspecified atom stereocenters. The van der Waals surface area contributed by atoms with Gasteiger partial charge in [-0.05, 0) is 43.0 Å². The first-order valence-corrected chi connectivity index (χ1v) is 10.3. The van der Waals surface area contributed by atoms with E-state index < -0.39 is 0 Å². The zero-order valence-corrected chi connectivity index (χ0v) is 18.0. The van der Waals surface area contributed by atoms with Gasteiger partial charge in [0.05, 0.1) is 6.10 Å². The minimum Gasteiger partial charge on any atom is -0.373 e. The molecule has 0 amide bonds. The lowest BCUT2D eigenvalue weighted by atomic mass is 9.89. The van der Waals surface area contributed by atoms with Gasteiger partial charge < -0.3 is 20.3 Å². The number of aliphatic imine (C=N–C) groups is 1. The largest absolute Gasteiger partial charge is 0.373 e. The third-order valence-electron chi connectivity index (χ3n) is 5.33. The van der Waals surface area contributed by atoms with Crippen molar-refractivity contribution in [1.29, 1.82) is 0 Å². The maximum Gasteiger partial charge on any atom is 0.191 e. The van der Waals surface area contributed by atoms with Gasteiger partial charge in [0, 0.05) is 53.0 Å². The van der Waals surface area contributed by atoms with Gasteiger partial charge in [-0.15, -0.1) is 0 Å². The first-order chi connectivity index (χ1) is 14.1. The molecule has 156 valence electrons. The molecule has 1 fully saturated rings. The third kappa shape index (κ3) is 5.94. The van der Waals surface area contributed by atoms with Crippen LogP contribution in [0.2, 0.25) is 0 Å². The van der Waals surface area contributed by atoms with E-state index in [1.165, 1.54) is 16.7 Å². The van der Waals surface area contributed by atoms with Crippen LogP contribution in [0.15, 0.2) is 47.6 Å². The van der Waals surface area contributed by atoms with E-state index in [9.17, 15) is 0 Å². The summed E-state index contributed by atoms with van der Waals surface area (Å²) < 4.78 is 6.14. The maximum absolute atomic E-state index is 6.14. The van der Waals surface area contributed by atoms with E-state index in [0.29, 0.717) is 12.5 Å². The smallest absolute Gasteiger partial charge is 0.191 e. The number of nitrogens with one attached hydrogen (secondary N) is 2. The molecule has 29 heavy (non-hydrogen) atoms. The van der Waals surface area contributed by atoms with Crippen molar-refractivity contribution in [3.8, 4) is 0 Å². The molecule has 0 bridgehead atoms. The standard InChI is InChI=1S/C23H33N5O/c1-17-7-9-19(10-8-17)22-20(6-5-13-29-22)16-27-23(24-2)26-15-18-11-12-25-21(14-18)28(3)4/h7-12,14,20,22H,5-6,13,15-16H2,1-4H3,(H2,24,26,27). The molecule has 1 aromatic carbocycles. The van der Waals surface area contributed by atoms with Gasteiger partial charge in [-0.2, -0.15) is 0 Å². The number of nitrogens with zero attached hydrogens (tertiary/aromatic N) is 3. The molecule has 1 aromatic heterocycles. The van der Waals surface area contributed by atoms with Crippen molar-refractivity contribution in [1.82, 2.24) is 15.6 Å². The molecule has 1 saturated heterocycles. The average molecular weight is 396 g/mol. The molecule has 6 heteroatoms. The number of anilines is 1. The summed E-state index contributed by atoms with van der Waals surface area (Å²) in [4.78, 5) is 10.8. The number of benzene rings is 1. The Morgan fingerprint density at radius 2 is 2.00 bits per heavy atom. The number of pyridine rings is 1. The molecule has 2 atom stereocenters. The molecule has 0 radical (unpaired) electrons. The van der Waals surface area contributed by atoms with Crippen LogP contribution >= 0.6 is 0 Å². The summed E-state index contributed by atoms with van der Waals surface area (Å²) in [5, 5.41) is 6.90. The van der Waals surface area contributed by atoms with Crippen molar-refractivity contribution < 1.29 is 4.74 Å². The highest BCUT2D eigenvalue weighted by Crippen LogP contribution is 2.33. The zero-order valence-electron chi connectivity index (χ0n) is 18.0. The van der Waals surface area contributed by atoms with Gasteiger partial charge in [0.15, 0.2) is 5.96 Å². The first-order valence-electron chi connectivity index (χ1n) is 10.3. The topological polar surface area (TPSA) is 61.8 Å². The molecular weight excluding hydrogens is 362 g/mol. The fraction of sp³-hybridized carbons (Fsp3) is 0.478. The maximum atomic E-state index is 6.14. The van der Waals surface area contributed by atoms with Crippen molar-refractivity contribution in [2.75, 3.05) is 39.2 Å². The van der Waals surface area contributed by atoms with Crippen LogP contribution in [0.3, 0.4) is 0 Å². The Hall–Kier alpha value is -2.60. The Balaban J connectivity index is 1.56. The Morgan fingerprint density at radius 1 is 1.21 bits per heavy atom. The molecule has 3 rings (SSSR count). The van der Waals surface area contributed by atoms with Gasteiger partial charge in [-0.1, -0.05) is 29.8 Å². The van der Waals surface area contributed by atoms with Gasteiger partial charge in [-0.3, -0.25) is 4.99 Å². The van der Waals surface area contributed by atoms with Crippen molar-refractivity contribution >= 4 is 11.8 Å². The van der Waals surface area contributed by atoms with Gasteiger partial charge in [-0.25, -0.2) is 4.98 Å². The minimum atomic E-state index is 0.137. The summed E-state index contributed by atoms with van der Waals surface area (Å²) in [5.74, 6) is 2.18. The number of guanidine groups is 1. The third-order valence-corrected chi connectivity index (χ3v) is 5.33. The summed E-state index contributed by atoms with van der Waals surface area (Å²) in [6.45, 7) is 4.48. The van der Waals surface area contributed by atoms with Crippen molar-refractivity contribution in [2.24, 2.45) is 10.9 Å². The lowest BCUT2D eigenvalue weighted by Crippen LogP contribution is -2.41. The van der Waals surface area contributed by atoms with Gasteiger partial charge in [0.25, 0.3) is 0 Å². The Morgan fingerprint density at radius 3 is 2.72 bits per heavy atom. The van der Waals surface area contributed by atoms with Crippen LogP contribution in [0.5, 0.6) is 0 Å². The second kappa shape index (κ2) is 10.3. The van der Waals surface area contributed by atoms with E-state index in [1.807, 2.05) is 38.3 Å². The molecule has 2 aromatic rings. The SMILES string of the molecule is CN=C(NCc1ccnc(N(C)C)c1)NCC1CCCOC1c1ccc(C)cc1. The summed E-state index contributed by atoms with van der Waals surface area (Å²) >= 11 is 0. The fourth-order valence-corrected chi connectivity index (χ4v) is 3.63. The molecule has 2 N–H and O–H groups in total. The van der Waals surface area contributed by atoms with Gasteiger partial charge in [0.2, 0.25) is 0 Å². The second-order valence-corrected chi connectivity index (χ2v) is 7.83. The lowest BCUT2D eigenvalue weighted by molar-refractivity contribution is -0.0265. The first kappa shape index (κ1) is 21.1. The Kier molecular flexibility index (Phi) is 7.47. The lowest BCUT2D eigenvalue weighted by Gasteiger charge is -2.32. The predicted molar refractivity (Wildman–Crippen MR) is 119 cm³/mol. The monoisotopic (exact) mass is 395 g/mol. The Labute approximate surface area is 174 Å². The second-order valence-electron chi connectivity index (χ2n) is 7.83. The number of ether oxygens (including phenoxy) is 1. The van der Waals surface area contributed by atoms with Crippen molar-refractivity contribution in [3.63, 3.8) is 0 Å². The van der Waals surface area contributed by atoms with E-state index in [1.54, 1.807) is 0 Å². The molecule has 0 spiro atoms. The van der Waals surface area contributed by atoms with Crippen LogP contribution in [0, 0.1) is 12.8 Å². The van der Waals surface area contributed by atoms with Crippen LogP contribution in [0.25, 0.3) is 0 Å². The molecule has 0 saturated carbocycles. The highest BCUT2D eigenvalue weighted by molar-refractivity contribution is 5.79. The highest BCUT2D eigenvalue weighted by Gasteiger charge is 2.27. The van der Waals surface area contributed by atoms with Crippen molar-refractivity contribution in [3.05, 3.63) is 59.3 Å². The highest BCUT2D eigenvalue weighted by atomic mass is 16.5.